The summed E-state index contributed by atoms with van der Waals surface area (Å²) in [5.74, 6) is 3.15. The van der Waals surface area contributed by atoms with E-state index in [1.54, 1.807) is 26.4 Å². The molecule has 20 heavy (non-hydrogen) atoms. The van der Waals surface area contributed by atoms with Gasteiger partial charge in [0.2, 0.25) is 5.91 Å². The summed E-state index contributed by atoms with van der Waals surface area (Å²) in [4.78, 5) is 11.8. The summed E-state index contributed by atoms with van der Waals surface area (Å²) in [6.07, 6.45) is 1.23. The van der Waals surface area contributed by atoms with Crippen LogP contribution >= 0.6 is 11.8 Å². The molecule has 1 amide bonds. The van der Waals surface area contributed by atoms with Crippen molar-refractivity contribution in [3.05, 3.63) is 23.8 Å². The topological polar surface area (TPSA) is 59.9 Å². The van der Waals surface area contributed by atoms with Crippen LogP contribution in [-0.2, 0) is 11.2 Å². The number of carbonyl (C=O) groups is 1. The minimum atomic E-state index is -0.124. The zero-order valence-electron chi connectivity index (χ0n) is 11.6. The molecular weight excluding hydrogens is 276 g/mol. The normalized spacial score (nSPS) is 16.2. The van der Waals surface area contributed by atoms with Crippen molar-refractivity contribution < 1.29 is 14.3 Å². The minimum Gasteiger partial charge on any atom is -0.493 e. The van der Waals surface area contributed by atoms with E-state index in [2.05, 4.69) is 10.5 Å². The number of hydrazone groups is 1. The van der Waals surface area contributed by atoms with Crippen molar-refractivity contribution in [2.24, 2.45) is 5.10 Å². The highest BCUT2D eigenvalue weighted by Crippen LogP contribution is 2.27. The van der Waals surface area contributed by atoms with E-state index in [1.165, 1.54) is 0 Å². The lowest BCUT2D eigenvalue weighted by Crippen LogP contribution is -2.21. The quantitative estimate of drug-likeness (QED) is 0.842. The molecule has 1 aliphatic heterocycles. The number of hydrogen-bond acceptors (Lipinski definition) is 5. The summed E-state index contributed by atoms with van der Waals surface area (Å²) in [7, 11) is 3.16. The second kappa shape index (κ2) is 7.19. The van der Waals surface area contributed by atoms with E-state index in [1.807, 2.05) is 17.8 Å². The highest BCUT2D eigenvalue weighted by molar-refractivity contribution is 8.00. The lowest BCUT2D eigenvalue weighted by atomic mass is 10.1. The molecule has 0 atom stereocenters. The molecule has 1 aromatic rings. The SMILES string of the molecule is COc1ccc(CC(=O)N/N=C2\CCSC2)cc1OC. The second-order valence-corrected chi connectivity index (χ2v) is 5.49. The van der Waals surface area contributed by atoms with E-state index in [9.17, 15) is 4.79 Å². The maximum absolute atomic E-state index is 11.8. The van der Waals surface area contributed by atoms with E-state index in [-0.39, 0.29) is 12.3 Å². The average molecular weight is 294 g/mol. The molecule has 0 saturated carbocycles. The van der Waals surface area contributed by atoms with Crippen LogP contribution in [0, 0.1) is 0 Å². The van der Waals surface area contributed by atoms with E-state index in [0.717, 1.165) is 29.2 Å². The Balaban J connectivity index is 1.95. The van der Waals surface area contributed by atoms with E-state index >= 15 is 0 Å². The smallest absolute Gasteiger partial charge is 0.244 e. The Morgan fingerprint density at radius 3 is 2.80 bits per heavy atom. The van der Waals surface area contributed by atoms with Crippen LogP contribution in [0.5, 0.6) is 11.5 Å². The molecule has 1 aromatic carbocycles. The fraction of sp³-hybridized carbons (Fsp3) is 0.429. The van der Waals surface area contributed by atoms with Gasteiger partial charge in [-0.15, -0.1) is 0 Å². The molecule has 0 radical (unpaired) electrons. The molecule has 0 aliphatic carbocycles. The van der Waals surface area contributed by atoms with Crippen LogP contribution in [0.2, 0.25) is 0 Å². The van der Waals surface area contributed by atoms with Gasteiger partial charge in [-0.05, 0) is 29.9 Å². The molecule has 1 fully saturated rings. The van der Waals surface area contributed by atoms with Crippen LogP contribution < -0.4 is 14.9 Å². The molecule has 1 N–H and O–H groups in total. The first-order valence-corrected chi connectivity index (χ1v) is 7.51. The maximum atomic E-state index is 11.8. The van der Waals surface area contributed by atoms with Gasteiger partial charge >= 0.3 is 0 Å². The average Bonchev–Trinajstić information content (AvgIpc) is 2.98. The van der Waals surface area contributed by atoms with Crippen molar-refractivity contribution in [1.82, 2.24) is 5.43 Å². The van der Waals surface area contributed by atoms with Gasteiger partial charge in [0.25, 0.3) is 0 Å². The van der Waals surface area contributed by atoms with E-state index < -0.39 is 0 Å². The summed E-state index contributed by atoms with van der Waals surface area (Å²) in [5.41, 5.74) is 4.52. The van der Waals surface area contributed by atoms with Crippen LogP contribution in [0.25, 0.3) is 0 Å². The van der Waals surface area contributed by atoms with Gasteiger partial charge in [0.05, 0.1) is 20.6 Å². The molecule has 1 aliphatic rings. The summed E-state index contributed by atoms with van der Waals surface area (Å²) in [5, 5.41) is 4.14. The minimum absolute atomic E-state index is 0.124. The van der Waals surface area contributed by atoms with Crippen LogP contribution in [-0.4, -0.2) is 37.3 Å². The number of methoxy groups -OCH3 is 2. The van der Waals surface area contributed by atoms with Crippen molar-refractivity contribution in [2.45, 2.75) is 12.8 Å². The van der Waals surface area contributed by atoms with Gasteiger partial charge in [-0.1, -0.05) is 6.07 Å². The Morgan fingerprint density at radius 1 is 1.35 bits per heavy atom. The highest BCUT2D eigenvalue weighted by atomic mass is 32.2. The predicted octanol–water partition coefficient (Wildman–Crippen LogP) is 1.86. The Morgan fingerprint density at radius 2 is 2.15 bits per heavy atom. The Hall–Kier alpha value is -1.69. The first kappa shape index (κ1) is 14.7. The molecule has 1 saturated heterocycles. The summed E-state index contributed by atoms with van der Waals surface area (Å²) in [6, 6.07) is 5.44. The zero-order chi connectivity index (χ0) is 14.4. The number of benzene rings is 1. The summed E-state index contributed by atoms with van der Waals surface area (Å²) >= 11 is 1.83. The predicted molar refractivity (Wildman–Crippen MR) is 80.8 cm³/mol. The molecule has 5 nitrogen and oxygen atoms in total. The standard InChI is InChI=1S/C14H18N2O3S/c1-18-12-4-3-10(7-13(12)19-2)8-14(17)16-15-11-5-6-20-9-11/h3-4,7H,5-6,8-9H2,1-2H3,(H,16,17)/b15-11+. The fourth-order valence-electron chi connectivity index (χ4n) is 1.90. The number of nitrogens with one attached hydrogen (secondary N) is 1. The number of hydrogen-bond donors (Lipinski definition) is 1. The fourth-order valence-corrected chi connectivity index (χ4v) is 2.87. The highest BCUT2D eigenvalue weighted by Gasteiger charge is 2.10. The molecule has 0 unspecified atom stereocenters. The number of thioether (sulfide) groups is 1. The van der Waals surface area contributed by atoms with Crippen molar-refractivity contribution in [2.75, 3.05) is 25.7 Å². The van der Waals surface area contributed by atoms with E-state index in [4.69, 9.17) is 9.47 Å². The largest absolute Gasteiger partial charge is 0.493 e. The van der Waals surface area contributed by atoms with Crippen LogP contribution in [0.4, 0.5) is 0 Å². The van der Waals surface area contributed by atoms with Crippen molar-refractivity contribution in [3.63, 3.8) is 0 Å². The molecule has 108 valence electrons. The zero-order valence-corrected chi connectivity index (χ0v) is 12.5. The van der Waals surface area contributed by atoms with Gasteiger partial charge in [-0.2, -0.15) is 16.9 Å². The van der Waals surface area contributed by atoms with Gasteiger partial charge in [-0.25, -0.2) is 5.43 Å². The molecule has 0 aromatic heterocycles. The molecule has 6 heteroatoms. The van der Waals surface area contributed by atoms with Gasteiger partial charge < -0.3 is 9.47 Å². The lowest BCUT2D eigenvalue weighted by molar-refractivity contribution is -0.120. The Bertz CT molecular complexity index is 509. The third kappa shape index (κ3) is 3.90. The molecular formula is C14H18N2O3S. The first-order chi connectivity index (χ1) is 9.72. The Kier molecular flexibility index (Phi) is 5.29. The first-order valence-electron chi connectivity index (χ1n) is 6.36. The second-order valence-electron chi connectivity index (χ2n) is 4.38. The van der Waals surface area contributed by atoms with Gasteiger partial charge in [-0.3, -0.25) is 4.79 Å². The third-order valence-electron chi connectivity index (χ3n) is 2.96. The Labute approximate surface area is 122 Å². The summed E-state index contributed by atoms with van der Waals surface area (Å²) in [6.45, 7) is 0. The number of amides is 1. The van der Waals surface area contributed by atoms with Crippen LogP contribution in [0.15, 0.2) is 23.3 Å². The monoisotopic (exact) mass is 294 g/mol. The van der Waals surface area contributed by atoms with Crippen LogP contribution in [0.1, 0.15) is 12.0 Å². The van der Waals surface area contributed by atoms with E-state index in [0.29, 0.717) is 11.5 Å². The maximum Gasteiger partial charge on any atom is 0.244 e. The van der Waals surface area contributed by atoms with Crippen molar-refractivity contribution in [3.8, 4) is 11.5 Å². The molecule has 2 rings (SSSR count). The van der Waals surface area contributed by atoms with Crippen molar-refractivity contribution >= 4 is 23.4 Å². The van der Waals surface area contributed by atoms with Crippen LogP contribution in [0.3, 0.4) is 0 Å². The van der Waals surface area contributed by atoms with Crippen molar-refractivity contribution in [1.29, 1.82) is 0 Å². The number of rotatable bonds is 5. The number of nitrogens with zero attached hydrogens (tertiary/aromatic N) is 1. The summed E-state index contributed by atoms with van der Waals surface area (Å²) < 4.78 is 10.4. The molecule has 0 spiro atoms. The third-order valence-corrected chi connectivity index (χ3v) is 3.99. The molecule has 1 heterocycles. The van der Waals surface area contributed by atoms with Gasteiger partial charge in [0.1, 0.15) is 0 Å². The lowest BCUT2D eigenvalue weighted by Gasteiger charge is -2.09. The number of carbonyl (C=O) groups excluding carboxylic acids is 1. The number of ether oxygens (including phenoxy) is 2. The molecule has 0 bridgehead atoms. The van der Waals surface area contributed by atoms with Gasteiger partial charge in [0.15, 0.2) is 11.5 Å². The van der Waals surface area contributed by atoms with Gasteiger partial charge in [0, 0.05) is 11.5 Å².